The first-order chi connectivity index (χ1) is 16.1. The van der Waals surface area contributed by atoms with Crippen LogP contribution in [0.25, 0.3) is 0 Å². The maximum atomic E-state index is 14.2. The monoisotopic (exact) mass is 445 g/mol. The lowest BCUT2D eigenvalue weighted by atomic mass is 9.72. The Bertz CT molecular complexity index is 1180. The van der Waals surface area contributed by atoms with Crippen LogP contribution in [0.2, 0.25) is 0 Å². The first-order valence-corrected chi connectivity index (χ1v) is 11.2. The van der Waals surface area contributed by atoms with Gasteiger partial charge in [0.05, 0.1) is 23.4 Å². The van der Waals surface area contributed by atoms with E-state index < -0.39 is 5.54 Å². The molecule has 2 atom stereocenters. The molecule has 2 saturated heterocycles. The van der Waals surface area contributed by atoms with Crippen LogP contribution in [0.3, 0.4) is 0 Å². The molecule has 1 spiro atoms. The number of aliphatic imine (C=N–C) groups is 1. The molecule has 4 nitrogen and oxygen atoms in total. The van der Waals surface area contributed by atoms with Crippen LogP contribution >= 0.6 is 0 Å². The summed E-state index contributed by atoms with van der Waals surface area (Å²) in [6.07, 6.45) is 1.56. The van der Waals surface area contributed by atoms with Crippen molar-refractivity contribution in [2.24, 2.45) is 10.9 Å². The molecule has 5 rings (SSSR count). The highest BCUT2D eigenvalue weighted by molar-refractivity contribution is 6.22. The standard InChI is InChI=1S/C27H25F2N3O/c28-21-9-11-23(12-10-21)31-25-17-26(33)32(24-8-4-7-22(29)16-24)27(25)13-14-30-18-20(27)15-19-5-2-1-3-6-19/h1-12,16,20,30H,13-15,17-18H2. The van der Waals surface area contributed by atoms with Gasteiger partial charge in [-0.25, -0.2) is 8.78 Å². The van der Waals surface area contributed by atoms with Gasteiger partial charge in [-0.3, -0.25) is 9.79 Å². The third-order valence-corrected chi connectivity index (χ3v) is 6.70. The minimum atomic E-state index is -0.694. The molecule has 0 aliphatic carbocycles. The van der Waals surface area contributed by atoms with Gasteiger partial charge >= 0.3 is 0 Å². The number of rotatable bonds is 4. The number of carbonyl (C=O) groups excluding carboxylic acids is 1. The van der Waals surface area contributed by atoms with Gasteiger partial charge in [0, 0.05) is 18.2 Å². The van der Waals surface area contributed by atoms with Crippen molar-refractivity contribution in [2.75, 3.05) is 18.0 Å². The molecular weight excluding hydrogens is 420 g/mol. The van der Waals surface area contributed by atoms with Gasteiger partial charge in [0.25, 0.3) is 0 Å². The van der Waals surface area contributed by atoms with Gasteiger partial charge in [0.15, 0.2) is 0 Å². The highest BCUT2D eigenvalue weighted by Crippen LogP contribution is 2.44. The van der Waals surface area contributed by atoms with Crippen LogP contribution in [0.15, 0.2) is 83.9 Å². The van der Waals surface area contributed by atoms with Crippen molar-refractivity contribution in [1.29, 1.82) is 0 Å². The summed E-state index contributed by atoms with van der Waals surface area (Å²) < 4.78 is 27.7. The molecular formula is C27H25F2N3O. The van der Waals surface area contributed by atoms with Gasteiger partial charge in [-0.15, -0.1) is 0 Å². The van der Waals surface area contributed by atoms with Gasteiger partial charge in [-0.2, -0.15) is 0 Å². The van der Waals surface area contributed by atoms with Crippen LogP contribution < -0.4 is 10.2 Å². The third kappa shape index (κ3) is 4.07. The van der Waals surface area contributed by atoms with Crippen molar-refractivity contribution in [3.05, 3.63) is 96.1 Å². The first kappa shape index (κ1) is 21.5. The van der Waals surface area contributed by atoms with Crippen molar-refractivity contribution in [1.82, 2.24) is 5.32 Å². The predicted octanol–water partition coefficient (Wildman–Crippen LogP) is 5.07. The molecule has 0 saturated carbocycles. The normalized spacial score (nSPS) is 24.1. The van der Waals surface area contributed by atoms with E-state index in [-0.39, 0.29) is 29.9 Å². The fourth-order valence-electron chi connectivity index (χ4n) is 5.27. The van der Waals surface area contributed by atoms with Crippen molar-refractivity contribution in [2.45, 2.75) is 24.8 Å². The fraction of sp³-hybridized carbons (Fsp3) is 0.259. The lowest BCUT2D eigenvalue weighted by Crippen LogP contribution is -2.62. The zero-order valence-corrected chi connectivity index (χ0v) is 18.2. The number of hydrogen-bond donors (Lipinski definition) is 1. The number of halogens is 2. The summed E-state index contributed by atoms with van der Waals surface area (Å²) in [4.78, 5) is 20.1. The molecule has 0 radical (unpaired) electrons. The van der Waals surface area contributed by atoms with E-state index in [1.807, 2.05) is 18.2 Å². The molecule has 168 valence electrons. The Balaban J connectivity index is 1.65. The van der Waals surface area contributed by atoms with Gasteiger partial charge < -0.3 is 10.2 Å². The number of amides is 1. The van der Waals surface area contributed by atoms with Gasteiger partial charge in [-0.1, -0.05) is 36.4 Å². The van der Waals surface area contributed by atoms with E-state index in [9.17, 15) is 13.6 Å². The second kappa shape index (κ2) is 8.87. The van der Waals surface area contributed by atoms with Crippen molar-refractivity contribution in [3.8, 4) is 0 Å². The number of benzene rings is 3. The minimum absolute atomic E-state index is 0.0302. The SMILES string of the molecule is O=C1CC(=Nc2ccc(F)cc2)C2(CCNCC2Cc2ccccc2)N1c1cccc(F)c1. The number of nitrogens with zero attached hydrogens (tertiary/aromatic N) is 2. The Kier molecular flexibility index (Phi) is 5.77. The lowest BCUT2D eigenvalue weighted by molar-refractivity contribution is -0.117. The van der Waals surface area contributed by atoms with Gasteiger partial charge in [-0.05, 0) is 67.4 Å². The summed E-state index contributed by atoms with van der Waals surface area (Å²) in [5, 5.41) is 3.48. The second-order valence-electron chi connectivity index (χ2n) is 8.69. The van der Waals surface area contributed by atoms with E-state index in [0.29, 0.717) is 30.9 Å². The quantitative estimate of drug-likeness (QED) is 0.610. The molecule has 0 aromatic heterocycles. The smallest absolute Gasteiger partial charge is 0.233 e. The molecule has 2 fully saturated rings. The summed E-state index contributed by atoms with van der Waals surface area (Å²) >= 11 is 0. The average molecular weight is 446 g/mol. The van der Waals surface area contributed by atoms with E-state index in [2.05, 4.69) is 17.4 Å². The number of hydrogen-bond acceptors (Lipinski definition) is 3. The van der Waals surface area contributed by atoms with E-state index >= 15 is 0 Å². The molecule has 0 bridgehead atoms. The van der Waals surface area contributed by atoms with Crippen molar-refractivity contribution >= 4 is 23.0 Å². The summed E-state index contributed by atoms with van der Waals surface area (Å²) in [7, 11) is 0. The molecule has 33 heavy (non-hydrogen) atoms. The van der Waals surface area contributed by atoms with E-state index in [1.165, 1.54) is 29.8 Å². The third-order valence-electron chi connectivity index (χ3n) is 6.70. The average Bonchev–Trinajstić information content (AvgIpc) is 3.08. The number of piperidine rings is 1. The van der Waals surface area contributed by atoms with E-state index in [4.69, 9.17) is 4.99 Å². The zero-order chi connectivity index (χ0) is 22.8. The maximum absolute atomic E-state index is 14.2. The molecule has 6 heteroatoms. The second-order valence-corrected chi connectivity index (χ2v) is 8.69. The topological polar surface area (TPSA) is 44.7 Å². The van der Waals surface area contributed by atoms with Crippen molar-refractivity contribution in [3.63, 3.8) is 0 Å². The molecule has 1 amide bonds. The first-order valence-electron chi connectivity index (χ1n) is 11.2. The predicted molar refractivity (Wildman–Crippen MR) is 126 cm³/mol. The number of anilines is 1. The van der Waals surface area contributed by atoms with Crippen LogP contribution in [0, 0.1) is 17.6 Å². The Hall–Kier alpha value is -3.38. The van der Waals surface area contributed by atoms with E-state index in [0.717, 1.165) is 12.1 Å². The summed E-state index contributed by atoms with van der Waals surface area (Å²) in [6.45, 7) is 1.42. The van der Waals surface area contributed by atoms with Crippen LogP contribution in [0.1, 0.15) is 18.4 Å². The Morgan fingerprint density at radius 2 is 1.76 bits per heavy atom. The van der Waals surface area contributed by atoms with Crippen LogP contribution in [-0.4, -0.2) is 30.2 Å². The molecule has 2 aliphatic rings. The molecule has 2 heterocycles. The van der Waals surface area contributed by atoms with Crippen LogP contribution in [0.5, 0.6) is 0 Å². The van der Waals surface area contributed by atoms with Crippen LogP contribution in [-0.2, 0) is 11.2 Å². The maximum Gasteiger partial charge on any atom is 0.233 e. The van der Waals surface area contributed by atoms with Crippen molar-refractivity contribution < 1.29 is 13.6 Å². The molecule has 1 N–H and O–H groups in total. The molecule has 3 aromatic carbocycles. The minimum Gasteiger partial charge on any atom is -0.316 e. The lowest BCUT2D eigenvalue weighted by Gasteiger charge is -2.48. The number of nitrogens with one attached hydrogen (secondary N) is 1. The highest BCUT2D eigenvalue weighted by atomic mass is 19.1. The Morgan fingerprint density at radius 3 is 2.52 bits per heavy atom. The molecule has 2 unspecified atom stereocenters. The zero-order valence-electron chi connectivity index (χ0n) is 18.2. The van der Waals surface area contributed by atoms with E-state index in [1.54, 1.807) is 29.2 Å². The summed E-state index contributed by atoms with van der Waals surface area (Å²) in [5.74, 6) is -0.779. The van der Waals surface area contributed by atoms with Gasteiger partial charge in [0.2, 0.25) is 5.91 Å². The number of carbonyl (C=O) groups is 1. The summed E-state index contributed by atoms with van der Waals surface area (Å²) in [5.41, 5.74) is 2.39. The Labute approximate surface area is 192 Å². The largest absolute Gasteiger partial charge is 0.316 e. The van der Waals surface area contributed by atoms with Crippen LogP contribution in [0.4, 0.5) is 20.2 Å². The van der Waals surface area contributed by atoms with Gasteiger partial charge in [0.1, 0.15) is 11.6 Å². The highest BCUT2D eigenvalue weighted by Gasteiger charge is 2.56. The molecule has 2 aliphatic heterocycles. The fourth-order valence-corrected chi connectivity index (χ4v) is 5.27. The Morgan fingerprint density at radius 1 is 0.970 bits per heavy atom. The summed E-state index contributed by atoms with van der Waals surface area (Å²) in [6, 6.07) is 22.4. The molecule has 3 aromatic rings.